The molecule has 40 heavy (non-hydrogen) atoms. The van der Waals surface area contributed by atoms with E-state index in [1.54, 1.807) is 0 Å². The Hall–Kier alpha value is -4.47. The molecule has 2 aliphatic heterocycles. The molecular weight excluding hydrogens is 535 g/mol. The number of hydrogen-bond acceptors (Lipinski definition) is 2. The molecule has 5 aromatic rings. The standard InChI is InChI=1S/C35H26N4.Ni/c1-22(2)33-27-17-19-31(38-27)34(23-9-5-3-6-10-23)29-15-13-25(36-29)21-26-14-16-30(37-26)35(24-11-7-4-8-12-24)32-20-18-28(33)39-32;/h3-22H,1-2H3;/q-2;+2. The van der Waals surface area contributed by atoms with Crippen LogP contribution in [0.3, 0.4) is 0 Å². The van der Waals surface area contributed by atoms with E-state index in [4.69, 9.17) is 19.9 Å². The van der Waals surface area contributed by atoms with Crippen LogP contribution in [0.2, 0.25) is 0 Å². The van der Waals surface area contributed by atoms with Crippen molar-refractivity contribution in [1.29, 1.82) is 0 Å². The van der Waals surface area contributed by atoms with Crippen molar-refractivity contribution in [3.8, 4) is 22.3 Å². The Kier molecular flexibility index (Phi) is 6.83. The van der Waals surface area contributed by atoms with Gasteiger partial charge in [-0.1, -0.05) is 105 Å². The van der Waals surface area contributed by atoms with Gasteiger partial charge >= 0.3 is 16.5 Å². The minimum Gasteiger partial charge on any atom is -0.657 e. The van der Waals surface area contributed by atoms with Gasteiger partial charge in [0.25, 0.3) is 0 Å². The Morgan fingerprint density at radius 3 is 1.77 bits per heavy atom. The average Bonchev–Trinajstić information content (AvgIpc) is 3.76. The third-order valence-corrected chi connectivity index (χ3v) is 7.18. The molecule has 8 bridgehead atoms. The second-order valence-corrected chi connectivity index (χ2v) is 10.1. The van der Waals surface area contributed by atoms with Crippen LogP contribution < -0.4 is 9.97 Å². The summed E-state index contributed by atoms with van der Waals surface area (Å²) in [6, 6.07) is 31.1. The summed E-state index contributed by atoms with van der Waals surface area (Å²) in [6.07, 6.45) is 8.34. The third-order valence-electron chi connectivity index (χ3n) is 7.18. The van der Waals surface area contributed by atoms with E-state index in [1.165, 1.54) is 0 Å². The smallest absolute Gasteiger partial charge is 0.657 e. The van der Waals surface area contributed by atoms with E-state index in [2.05, 4.69) is 98.8 Å². The third kappa shape index (κ3) is 4.63. The SMILES string of the molecule is CC(C)c1c2nc(c(-c3ccccc3)c3ccc(cc4nc(c(-c5ccccc5)c5ccc1[n-]5)C=C4)[n-]3)C=C2.[Ni+2]. The Labute approximate surface area is 243 Å². The number of nitrogens with zero attached hydrogens (tertiary/aromatic N) is 4. The van der Waals surface area contributed by atoms with Crippen LogP contribution in [0.1, 0.15) is 48.1 Å². The molecule has 0 radical (unpaired) electrons. The monoisotopic (exact) mass is 560 g/mol. The van der Waals surface area contributed by atoms with Crippen molar-refractivity contribution in [2.45, 2.75) is 19.8 Å². The summed E-state index contributed by atoms with van der Waals surface area (Å²) < 4.78 is 0. The first-order valence-corrected chi connectivity index (χ1v) is 13.3. The van der Waals surface area contributed by atoms with Gasteiger partial charge in [0, 0.05) is 0 Å². The van der Waals surface area contributed by atoms with Crippen LogP contribution in [-0.2, 0) is 16.5 Å². The topological polar surface area (TPSA) is 54.0 Å². The van der Waals surface area contributed by atoms with E-state index in [9.17, 15) is 0 Å². The minimum atomic E-state index is 0. The first kappa shape index (κ1) is 25.8. The van der Waals surface area contributed by atoms with E-state index >= 15 is 0 Å². The molecule has 7 rings (SSSR count). The quantitative estimate of drug-likeness (QED) is 0.204. The molecule has 0 unspecified atom stereocenters. The van der Waals surface area contributed by atoms with Crippen LogP contribution >= 0.6 is 0 Å². The van der Waals surface area contributed by atoms with Crippen LogP contribution in [0.5, 0.6) is 0 Å². The summed E-state index contributed by atoms with van der Waals surface area (Å²) in [6.45, 7) is 4.40. The minimum absolute atomic E-state index is 0. The van der Waals surface area contributed by atoms with Crippen LogP contribution in [-0.4, -0.2) is 9.97 Å². The summed E-state index contributed by atoms with van der Waals surface area (Å²) in [7, 11) is 0. The molecule has 5 heteroatoms. The number of hydrogen-bond donors (Lipinski definition) is 0. The fraction of sp³-hybridized carbons (Fsp3) is 0.0857. The van der Waals surface area contributed by atoms with Crippen molar-refractivity contribution < 1.29 is 16.5 Å². The molecule has 0 N–H and O–H groups in total. The maximum Gasteiger partial charge on any atom is 2.00 e. The molecule has 3 aromatic heterocycles. The zero-order chi connectivity index (χ0) is 26.3. The van der Waals surface area contributed by atoms with Crippen LogP contribution in [0, 0.1) is 0 Å². The van der Waals surface area contributed by atoms with E-state index in [0.29, 0.717) is 0 Å². The van der Waals surface area contributed by atoms with Crippen molar-refractivity contribution in [1.82, 2.24) is 19.9 Å². The average molecular weight is 561 g/mol. The number of fused-ring (bicyclic) bond motifs is 8. The van der Waals surface area contributed by atoms with Crippen molar-refractivity contribution >= 4 is 46.4 Å². The Balaban J connectivity index is 0.00000289. The first-order chi connectivity index (χ1) is 19.1. The van der Waals surface area contributed by atoms with Crippen LogP contribution in [0.4, 0.5) is 0 Å². The molecule has 0 spiro atoms. The van der Waals surface area contributed by atoms with Gasteiger partial charge < -0.3 is 9.97 Å². The summed E-state index contributed by atoms with van der Waals surface area (Å²) in [5, 5.41) is 0. The molecule has 196 valence electrons. The summed E-state index contributed by atoms with van der Waals surface area (Å²) in [5.41, 5.74) is 12.6. The maximum atomic E-state index is 5.17. The Bertz CT molecular complexity index is 1890. The van der Waals surface area contributed by atoms with Gasteiger partial charge in [-0.25, -0.2) is 9.97 Å². The molecule has 0 atom stereocenters. The van der Waals surface area contributed by atoms with Crippen molar-refractivity contribution in [3.05, 3.63) is 119 Å². The fourth-order valence-corrected chi connectivity index (χ4v) is 5.44. The van der Waals surface area contributed by atoms with E-state index in [-0.39, 0.29) is 22.4 Å². The van der Waals surface area contributed by atoms with Crippen LogP contribution in [0.15, 0.2) is 91.0 Å². The molecule has 0 saturated heterocycles. The Morgan fingerprint density at radius 2 is 1.10 bits per heavy atom. The van der Waals surface area contributed by atoms with Crippen molar-refractivity contribution in [2.75, 3.05) is 0 Å². The molecule has 0 amide bonds. The number of aromatic nitrogens is 4. The predicted octanol–water partition coefficient (Wildman–Crippen LogP) is 8.37. The second kappa shape index (κ2) is 10.6. The maximum absolute atomic E-state index is 5.17. The van der Waals surface area contributed by atoms with Gasteiger partial charge in [-0.15, -0.1) is 22.1 Å². The zero-order valence-corrected chi connectivity index (χ0v) is 23.1. The summed E-state index contributed by atoms with van der Waals surface area (Å²) >= 11 is 0. The molecule has 0 fully saturated rings. The normalized spacial score (nSPS) is 12.1. The number of benzene rings is 2. The zero-order valence-electron chi connectivity index (χ0n) is 22.2. The van der Waals surface area contributed by atoms with Crippen molar-refractivity contribution in [2.24, 2.45) is 0 Å². The summed E-state index contributed by atoms with van der Waals surface area (Å²) in [4.78, 5) is 20.4. The van der Waals surface area contributed by atoms with E-state index in [0.717, 1.165) is 72.7 Å². The van der Waals surface area contributed by atoms with Crippen LogP contribution in [0.25, 0.3) is 68.6 Å². The first-order valence-electron chi connectivity index (χ1n) is 13.3. The summed E-state index contributed by atoms with van der Waals surface area (Å²) in [5.74, 6) is 0.233. The molecule has 0 aliphatic carbocycles. The van der Waals surface area contributed by atoms with Gasteiger partial charge in [0.2, 0.25) is 0 Å². The molecule has 0 saturated carbocycles. The van der Waals surface area contributed by atoms with Gasteiger partial charge in [-0.05, 0) is 58.0 Å². The Morgan fingerprint density at radius 1 is 0.550 bits per heavy atom. The van der Waals surface area contributed by atoms with E-state index in [1.807, 2.05) is 30.3 Å². The van der Waals surface area contributed by atoms with Gasteiger partial charge in [-0.3, -0.25) is 0 Å². The van der Waals surface area contributed by atoms with Gasteiger partial charge in [0.05, 0.1) is 22.8 Å². The predicted molar refractivity (Wildman–Crippen MR) is 162 cm³/mol. The molecule has 2 aliphatic rings. The molecule has 4 nitrogen and oxygen atoms in total. The molecule has 5 heterocycles. The fourth-order valence-electron chi connectivity index (χ4n) is 5.44. The van der Waals surface area contributed by atoms with Gasteiger partial charge in [0.1, 0.15) is 0 Å². The van der Waals surface area contributed by atoms with Crippen molar-refractivity contribution in [3.63, 3.8) is 0 Å². The largest absolute Gasteiger partial charge is 2.00 e. The molecule has 2 aromatic carbocycles. The van der Waals surface area contributed by atoms with Gasteiger partial charge in [0.15, 0.2) is 0 Å². The second-order valence-electron chi connectivity index (χ2n) is 10.1. The van der Waals surface area contributed by atoms with E-state index < -0.39 is 0 Å². The molecular formula is C35H26N4Ni. The van der Waals surface area contributed by atoms with Gasteiger partial charge in [-0.2, -0.15) is 0 Å². The number of rotatable bonds is 3.